The minimum atomic E-state index is -1.15. The van der Waals surface area contributed by atoms with Gasteiger partial charge >= 0.3 is 0 Å². The van der Waals surface area contributed by atoms with Gasteiger partial charge in [0, 0.05) is 13.2 Å². The Labute approximate surface area is 148 Å². The highest BCUT2D eigenvalue weighted by molar-refractivity contribution is 5.82. The Kier molecular flexibility index (Phi) is 6.20. The maximum Gasteiger partial charge on any atom is 0.253 e. The molecule has 0 bridgehead atoms. The van der Waals surface area contributed by atoms with Crippen LogP contribution in [0.4, 0.5) is 0 Å². The molecule has 4 nitrogen and oxygen atoms in total. The minimum Gasteiger partial charge on any atom is -0.381 e. The van der Waals surface area contributed by atoms with Crippen LogP contribution in [0.2, 0.25) is 0 Å². The molecule has 1 heterocycles. The predicted octanol–water partition coefficient (Wildman–Crippen LogP) is 3.39. The molecule has 3 rings (SSSR count). The van der Waals surface area contributed by atoms with Gasteiger partial charge in [-0.2, -0.15) is 0 Å². The SMILES string of the molecule is O=C(NC(CC1CCOCC1)c1ccccc1)C(O)c1ccccc1. The fourth-order valence-corrected chi connectivity index (χ4v) is 3.32. The van der Waals surface area contributed by atoms with E-state index in [1.54, 1.807) is 12.1 Å². The van der Waals surface area contributed by atoms with Crippen molar-refractivity contribution in [1.82, 2.24) is 5.32 Å². The Morgan fingerprint density at radius 2 is 1.56 bits per heavy atom. The summed E-state index contributed by atoms with van der Waals surface area (Å²) in [4.78, 5) is 12.6. The Morgan fingerprint density at radius 3 is 2.16 bits per heavy atom. The fourth-order valence-electron chi connectivity index (χ4n) is 3.32. The summed E-state index contributed by atoms with van der Waals surface area (Å²) in [6, 6.07) is 18.9. The second-order valence-electron chi connectivity index (χ2n) is 6.58. The average molecular weight is 339 g/mol. The number of amides is 1. The van der Waals surface area contributed by atoms with Crippen LogP contribution in [-0.2, 0) is 9.53 Å². The van der Waals surface area contributed by atoms with E-state index in [0.29, 0.717) is 11.5 Å². The van der Waals surface area contributed by atoms with Crippen molar-refractivity contribution in [2.75, 3.05) is 13.2 Å². The van der Waals surface area contributed by atoms with E-state index in [0.717, 1.165) is 38.0 Å². The van der Waals surface area contributed by atoms with Crippen molar-refractivity contribution in [3.63, 3.8) is 0 Å². The molecule has 0 radical (unpaired) electrons. The molecular weight excluding hydrogens is 314 g/mol. The number of aliphatic hydroxyl groups excluding tert-OH is 1. The van der Waals surface area contributed by atoms with Crippen LogP contribution in [0.5, 0.6) is 0 Å². The van der Waals surface area contributed by atoms with E-state index >= 15 is 0 Å². The van der Waals surface area contributed by atoms with E-state index in [4.69, 9.17) is 4.74 Å². The molecule has 2 N–H and O–H groups in total. The molecule has 0 saturated carbocycles. The summed E-state index contributed by atoms with van der Waals surface area (Å²) in [6.45, 7) is 1.57. The molecule has 2 unspecified atom stereocenters. The Hall–Kier alpha value is -2.17. The largest absolute Gasteiger partial charge is 0.381 e. The third-order valence-electron chi connectivity index (χ3n) is 4.79. The van der Waals surface area contributed by atoms with Gasteiger partial charge in [0.1, 0.15) is 0 Å². The molecule has 1 amide bonds. The van der Waals surface area contributed by atoms with Gasteiger partial charge in [-0.1, -0.05) is 60.7 Å². The summed E-state index contributed by atoms with van der Waals surface area (Å²) in [5.74, 6) is 0.167. The van der Waals surface area contributed by atoms with Gasteiger partial charge in [-0.3, -0.25) is 4.79 Å². The van der Waals surface area contributed by atoms with Gasteiger partial charge in [-0.05, 0) is 36.3 Å². The molecule has 132 valence electrons. The topological polar surface area (TPSA) is 58.6 Å². The van der Waals surface area contributed by atoms with Gasteiger partial charge in [0.05, 0.1) is 6.04 Å². The summed E-state index contributed by atoms with van der Waals surface area (Å²) in [7, 11) is 0. The third-order valence-corrected chi connectivity index (χ3v) is 4.79. The second-order valence-corrected chi connectivity index (χ2v) is 6.58. The zero-order valence-electron chi connectivity index (χ0n) is 14.3. The van der Waals surface area contributed by atoms with E-state index in [1.165, 1.54) is 0 Å². The maximum atomic E-state index is 12.6. The molecular formula is C21H25NO3. The van der Waals surface area contributed by atoms with Gasteiger partial charge in [0.15, 0.2) is 6.10 Å². The van der Waals surface area contributed by atoms with E-state index in [9.17, 15) is 9.90 Å². The van der Waals surface area contributed by atoms with E-state index < -0.39 is 6.10 Å². The van der Waals surface area contributed by atoms with Crippen molar-refractivity contribution < 1.29 is 14.6 Å². The van der Waals surface area contributed by atoms with E-state index in [-0.39, 0.29) is 11.9 Å². The molecule has 0 aromatic heterocycles. The molecule has 2 atom stereocenters. The van der Waals surface area contributed by atoms with Crippen molar-refractivity contribution in [3.8, 4) is 0 Å². The van der Waals surface area contributed by atoms with Crippen LogP contribution in [0.25, 0.3) is 0 Å². The first-order chi connectivity index (χ1) is 12.2. The number of aliphatic hydroxyl groups is 1. The highest BCUT2D eigenvalue weighted by Crippen LogP contribution is 2.28. The van der Waals surface area contributed by atoms with Gasteiger partial charge < -0.3 is 15.2 Å². The average Bonchev–Trinajstić information content (AvgIpc) is 2.69. The first kappa shape index (κ1) is 17.6. The van der Waals surface area contributed by atoms with E-state index in [2.05, 4.69) is 5.32 Å². The summed E-state index contributed by atoms with van der Waals surface area (Å²) in [5.41, 5.74) is 1.68. The van der Waals surface area contributed by atoms with Crippen LogP contribution >= 0.6 is 0 Å². The van der Waals surface area contributed by atoms with Gasteiger partial charge in [-0.25, -0.2) is 0 Å². The lowest BCUT2D eigenvalue weighted by Gasteiger charge is -2.28. The molecule has 1 aliphatic heterocycles. The number of benzene rings is 2. The van der Waals surface area contributed by atoms with Crippen LogP contribution < -0.4 is 5.32 Å². The van der Waals surface area contributed by atoms with Crippen molar-refractivity contribution >= 4 is 5.91 Å². The number of ether oxygens (including phenoxy) is 1. The number of carbonyl (C=O) groups is 1. The van der Waals surface area contributed by atoms with Gasteiger partial charge in [0.2, 0.25) is 0 Å². The normalized spacial score (nSPS) is 17.6. The quantitative estimate of drug-likeness (QED) is 0.848. The lowest BCUT2D eigenvalue weighted by molar-refractivity contribution is -0.130. The monoisotopic (exact) mass is 339 g/mol. The van der Waals surface area contributed by atoms with Gasteiger partial charge in [0.25, 0.3) is 5.91 Å². The standard InChI is InChI=1S/C21H25NO3/c23-20(18-9-5-2-6-10-18)21(24)22-19(17-7-3-1-4-8-17)15-16-11-13-25-14-12-16/h1-10,16,19-20,23H,11-15H2,(H,22,24). The van der Waals surface area contributed by atoms with Crippen molar-refractivity contribution in [2.24, 2.45) is 5.92 Å². The highest BCUT2D eigenvalue weighted by Gasteiger charge is 2.25. The number of hydrogen-bond acceptors (Lipinski definition) is 3. The second kappa shape index (κ2) is 8.79. The van der Waals surface area contributed by atoms with Crippen molar-refractivity contribution in [2.45, 2.75) is 31.4 Å². The summed E-state index contributed by atoms with van der Waals surface area (Å²) >= 11 is 0. The Morgan fingerprint density at radius 1 is 1.00 bits per heavy atom. The summed E-state index contributed by atoms with van der Waals surface area (Å²) in [6.07, 6.45) is 1.74. The van der Waals surface area contributed by atoms with Crippen LogP contribution in [0.15, 0.2) is 60.7 Å². The van der Waals surface area contributed by atoms with Crippen LogP contribution in [0.3, 0.4) is 0 Å². The lowest BCUT2D eigenvalue weighted by atomic mass is 9.89. The maximum absolute atomic E-state index is 12.6. The minimum absolute atomic E-state index is 0.102. The zero-order chi connectivity index (χ0) is 17.5. The third kappa shape index (κ3) is 4.91. The molecule has 25 heavy (non-hydrogen) atoms. The molecule has 2 aromatic rings. The zero-order valence-corrected chi connectivity index (χ0v) is 14.3. The smallest absolute Gasteiger partial charge is 0.253 e. The molecule has 1 fully saturated rings. The van der Waals surface area contributed by atoms with Crippen LogP contribution in [0.1, 0.15) is 42.5 Å². The van der Waals surface area contributed by atoms with Crippen LogP contribution in [-0.4, -0.2) is 24.2 Å². The highest BCUT2D eigenvalue weighted by atomic mass is 16.5. The first-order valence-electron chi connectivity index (χ1n) is 8.90. The predicted molar refractivity (Wildman–Crippen MR) is 96.9 cm³/mol. The molecule has 1 aliphatic rings. The molecule has 1 saturated heterocycles. The number of rotatable bonds is 6. The molecule has 2 aromatic carbocycles. The number of carbonyl (C=O) groups excluding carboxylic acids is 1. The van der Waals surface area contributed by atoms with E-state index in [1.807, 2.05) is 48.5 Å². The molecule has 0 spiro atoms. The lowest BCUT2D eigenvalue weighted by Crippen LogP contribution is -2.34. The van der Waals surface area contributed by atoms with Crippen molar-refractivity contribution in [3.05, 3.63) is 71.8 Å². The summed E-state index contributed by atoms with van der Waals surface area (Å²) in [5, 5.41) is 13.4. The molecule has 0 aliphatic carbocycles. The van der Waals surface area contributed by atoms with Crippen molar-refractivity contribution in [1.29, 1.82) is 0 Å². The van der Waals surface area contributed by atoms with Gasteiger partial charge in [-0.15, -0.1) is 0 Å². The molecule has 4 heteroatoms. The first-order valence-corrected chi connectivity index (χ1v) is 8.90. The Bertz CT molecular complexity index is 653. The van der Waals surface area contributed by atoms with Crippen LogP contribution in [0, 0.1) is 5.92 Å². The number of nitrogens with one attached hydrogen (secondary N) is 1. The fraction of sp³-hybridized carbons (Fsp3) is 0.381. The Balaban J connectivity index is 1.71. The number of hydrogen-bond donors (Lipinski definition) is 2. The summed E-state index contributed by atoms with van der Waals surface area (Å²) < 4.78 is 5.44.